The fourth-order valence-corrected chi connectivity index (χ4v) is 5.71. The number of aromatic nitrogens is 2. The Bertz CT molecular complexity index is 1660. The number of esters is 1. The van der Waals surface area contributed by atoms with Crippen LogP contribution < -0.4 is 19.7 Å². The Morgan fingerprint density at radius 1 is 1.02 bits per heavy atom. The lowest BCUT2D eigenvalue weighted by molar-refractivity contribution is 0.0600. The number of carbonyl (C=O) groups is 1. The molecule has 0 aliphatic carbocycles. The average Bonchev–Trinajstić information content (AvgIpc) is 3.57. The summed E-state index contributed by atoms with van der Waals surface area (Å²) >= 11 is 5.84. The zero-order valence-corrected chi connectivity index (χ0v) is 23.6. The number of sulfonamides is 1. The highest BCUT2D eigenvalue weighted by atomic mass is 32.2. The third kappa shape index (κ3) is 5.36. The van der Waals surface area contributed by atoms with Crippen LogP contribution in [0.3, 0.4) is 0 Å². The summed E-state index contributed by atoms with van der Waals surface area (Å²) in [6.45, 7) is 0. The van der Waals surface area contributed by atoms with Gasteiger partial charge in [-0.15, -0.1) is 0 Å². The summed E-state index contributed by atoms with van der Waals surface area (Å²) in [5.74, 6) is -0.0617. The molecular weight excluding hydrogens is 550 g/mol. The van der Waals surface area contributed by atoms with Crippen molar-refractivity contribution in [2.45, 2.75) is 12.1 Å². The SMILES string of the molecule is COC(=O)c1ccc(-n2cccc2C2C(c3ccccn3)NC(=S)N2c2ccc(NS(C)(=O)=O)c(OC)c2)cc1. The van der Waals surface area contributed by atoms with Gasteiger partial charge in [0.1, 0.15) is 11.8 Å². The summed E-state index contributed by atoms with van der Waals surface area (Å²) in [4.78, 5) is 18.5. The number of thiocarbonyl (C=S) groups is 1. The van der Waals surface area contributed by atoms with Gasteiger partial charge in [-0.2, -0.15) is 0 Å². The van der Waals surface area contributed by atoms with Crippen LogP contribution in [0, 0.1) is 0 Å². The molecule has 1 aliphatic heterocycles. The van der Waals surface area contributed by atoms with Crippen LogP contribution >= 0.6 is 12.2 Å². The first-order valence-electron chi connectivity index (χ1n) is 12.2. The normalized spacial score (nSPS) is 16.9. The first-order chi connectivity index (χ1) is 19.2. The lowest BCUT2D eigenvalue weighted by Gasteiger charge is -2.29. The number of nitrogens with one attached hydrogen (secondary N) is 2. The minimum absolute atomic E-state index is 0.309. The van der Waals surface area contributed by atoms with Crippen molar-refractivity contribution in [3.63, 3.8) is 0 Å². The predicted molar refractivity (Wildman–Crippen MR) is 157 cm³/mol. The van der Waals surface area contributed by atoms with E-state index >= 15 is 0 Å². The van der Waals surface area contributed by atoms with E-state index in [1.54, 1.807) is 36.5 Å². The molecule has 206 valence electrons. The Labute approximate surface area is 237 Å². The molecule has 0 bridgehead atoms. The summed E-state index contributed by atoms with van der Waals surface area (Å²) < 4.78 is 38.6. The maximum Gasteiger partial charge on any atom is 0.337 e. The highest BCUT2D eigenvalue weighted by molar-refractivity contribution is 7.92. The van der Waals surface area contributed by atoms with Crippen LogP contribution in [0.5, 0.6) is 5.75 Å². The van der Waals surface area contributed by atoms with E-state index < -0.39 is 16.0 Å². The molecule has 0 spiro atoms. The second-order valence-corrected chi connectivity index (χ2v) is 11.2. The van der Waals surface area contributed by atoms with Gasteiger partial charge in [-0.3, -0.25) is 9.71 Å². The molecule has 5 rings (SSSR count). The van der Waals surface area contributed by atoms with Gasteiger partial charge in [0.15, 0.2) is 5.11 Å². The third-order valence-electron chi connectivity index (χ3n) is 6.51. The quantitative estimate of drug-likeness (QED) is 0.235. The first kappa shape index (κ1) is 27.2. The minimum Gasteiger partial charge on any atom is -0.494 e. The highest BCUT2D eigenvalue weighted by Crippen LogP contribution is 2.44. The van der Waals surface area contributed by atoms with Gasteiger partial charge in [-0.05, 0) is 72.9 Å². The summed E-state index contributed by atoms with van der Waals surface area (Å²) in [6.07, 6.45) is 4.76. The Morgan fingerprint density at radius 2 is 1.77 bits per heavy atom. The molecule has 2 aromatic heterocycles. The van der Waals surface area contributed by atoms with Crippen molar-refractivity contribution in [2.75, 3.05) is 30.1 Å². The van der Waals surface area contributed by atoms with Gasteiger partial charge in [0.2, 0.25) is 10.0 Å². The molecule has 12 heteroatoms. The molecule has 0 saturated carbocycles. The van der Waals surface area contributed by atoms with E-state index in [-0.39, 0.29) is 12.1 Å². The van der Waals surface area contributed by atoms with Crippen LogP contribution in [-0.4, -0.2) is 49.5 Å². The number of hydrogen-bond acceptors (Lipinski definition) is 7. The lowest BCUT2D eigenvalue weighted by Crippen LogP contribution is -2.30. The smallest absolute Gasteiger partial charge is 0.337 e. The van der Waals surface area contributed by atoms with Crippen molar-refractivity contribution in [2.24, 2.45) is 0 Å². The van der Waals surface area contributed by atoms with Gasteiger partial charge < -0.3 is 24.3 Å². The number of pyridine rings is 1. The molecule has 3 heterocycles. The molecular formula is C28H27N5O5S2. The van der Waals surface area contributed by atoms with Crippen LogP contribution in [-0.2, 0) is 14.8 Å². The molecule has 40 heavy (non-hydrogen) atoms. The van der Waals surface area contributed by atoms with Gasteiger partial charge in [0.05, 0.1) is 43.5 Å². The number of hydrogen-bond donors (Lipinski definition) is 2. The van der Waals surface area contributed by atoms with E-state index in [4.69, 9.17) is 21.7 Å². The number of anilines is 2. The predicted octanol–water partition coefficient (Wildman–Crippen LogP) is 4.22. The van der Waals surface area contributed by atoms with Crippen molar-refractivity contribution in [3.8, 4) is 11.4 Å². The van der Waals surface area contributed by atoms with Crippen LogP contribution in [0.1, 0.15) is 33.8 Å². The second kappa shape index (κ2) is 11.0. The Hall–Kier alpha value is -4.42. The zero-order chi connectivity index (χ0) is 28.4. The van der Waals surface area contributed by atoms with Crippen molar-refractivity contribution in [1.82, 2.24) is 14.9 Å². The Balaban J connectivity index is 1.62. The molecule has 10 nitrogen and oxygen atoms in total. The van der Waals surface area contributed by atoms with E-state index in [1.165, 1.54) is 14.2 Å². The standard InChI is InChI=1S/C28H27N5O5S2/c1-37-24-17-20(13-14-21(24)31-40(3,35)36)33-26(25(30-28(33)39)22-7-4-5-15-29-22)23-8-6-16-32(23)19-11-9-18(10-12-19)27(34)38-2/h4-17,25-26,31H,1-3H3,(H,30,39). The molecule has 0 radical (unpaired) electrons. The lowest BCUT2D eigenvalue weighted by atomic mass is 10.0. The fraction of sp³-hybridized carbons (Fsp3) is 0.179. The van der Waals surface area contributed by atoms with E-state index in [0.29, 0.717) is 27.8 Å². The summed E-state index contributed by atoms with van der Waals surface area (Å²) in [6, 6.07) is 21.3. The molecule has 1 saturated heterocycles. The van der Waals surface area contributed by atoms with Crippen molar-refractivity contribution in [1.29, 1.82) is 0 Å². The summed E-state index contributed by atoms with van der Waals surface area (Å²) in [5, 5.41) is 3.90. The second-order valence-electron chi connectivity index (χ2n) is 9.10. The number of rotatable bonds is 8. The maximum absolute atomic E-state index is 12.0. The minimum atomic E-state index is -3.51. The zero-order valence-electron chi connectivity index (χ0n) is 21.9. The van der Waals surface area contributed by atoms with Crippen molar-refractivity contribution < 1.29 is 22.7 Å². The van der Waals surface area contributed by atoms with Gasteiger partial charge in [-0.25, -0.2) is 13.2 Å². The molecule has 0 amide bonds. The molecule has 1 fully saturated rings. The van der Waals surface area contributed by atoms with Crippen LogP contribution in [0.2, 0.25) is 0 Å². The van der Waals surface area contributed by atoms with Crippen LogP contribution in [0.15, 0.2) is 85.2 Å². The summed E-state index contributed by atoms with van der Waals surface area (Å²) in [7, 11) is -0.687. The van der Waals surface area contributed by atoms with Crippen molar-refractivity contribution in [3.05, 3.63) is 102 Å². The number of nitrogens with zero attached hydrogens (tertiary/aromatic N) is 3. The van der Waals surface area contributed by atoms with E-state index in [9.17, 15) is 13.2 Å². The topological polar surface area (TPSA) is 115 Å². The van der Waals surface area contributed by atoms with E-state index in [0.717, 1.165) is 23.3 Å². The largest absolute Gasteiger partial charge is 0.494 e. The number of benzene rings is 2. The fourth-order valence-electron chi connectivity index (χ4n) is 4.79. The van der Waals surface area contributed by atoms with Crippen molar-refractivity contribution >= 4 is 44.7 Å². The molecule has 2 unspecified atom stereocenters. The Morgan fingerprint density at radius 3 is 2.42 bits per heavy atom. The Kier molecular flexibility index (Phi) is 7.46. The third-order valence-corrected chi connectivity index (χ3v) is 7.41. The number of carbonyl (C=O) groups excluding carboxylic acids is 1. The highest BCUT2D eigenvalue weighted by Gasteiger charge is 2.42. The van der Waals surface area contributed by atoms with Crippen LogP contribution in [0.25, 0.3) is 5.69 Å². The number of methoxy groups -OCH3 is 2. The molecule has 2 atom stereocenters. The monoisotopic (exact) mass is 577 g/mol. The van der Waals surface area contributed by atoms with Gasteiger partial charge >= 0.3 is 5.97 Å². The molecule has 4 aromatic rings. The number of ether oxygens (including phenoxy) is 2. The van der Waals surface area contributed by atoms with E-state index in [1.807, 2.05) is 58.1 Å². The maximum atomic E-state index is 12.0. The van der Waals surface area contributed by atoms with Gasteiger partial charge in [-0.1, -0.05) is 6.07 Å². The molecule has 1 aliphatic rings. The molecule has 2 N–H and O–H groups in total. The summed E-state index contributed by atoms with van der Waals surface area (Å²) in [5.41, 5.74) is 4.02. The van der Waals surface area contributed by atoms with E-state index in [2.05, 4.69) is 15.0 Å². The van der Waals surface area contributed by atoms with Crippen LogP contribution in [0.4, 0.5) is 11.4 Å². The van der Waals surface area contributed by atoms with Gasteiger partial charge in [0, 0.05) is 35.5 Å². The molecule has 2 aromatic carbocycles. The van der Waals surface area contributed by atoms with Gasteiger partial charge in [0.25, 0.3) is 0 Å². The average molecular weight is 578 g/mol. The first-order valence-corrected chi connectivity index (χ1v) is 14.5.